The van der Waals surface area contributed by atoms with E-state index < -0.39 is 5.41 Å². The van der Waals surface area contributed by atoms with Crippen molar-refractivity contribution in [3.63, 3.8) is 0 Å². The number of allylic oxidation sites excluding steroid dienone is 1. The van der Waals surface area contributed by atoms with Gasteiger partial charge in [-0.2, -0.15) is 0 Å². The molecule has 4 aliphatic rings. The molecule has 3 saturated carbocycles. The smallest absolute Gasteiger partial charge is 0.302 e. The molecular weight excluding hydrogens is 304 g/mol. The van der Waals surface area contributed by atoms with Gasteiger partial charge in [-0.15, -0.1) is 0 Å². The normalized spacial score (nSPS) is 44.0. The van der Waals surface area contributed by atoms with E-state index in [1.165, 1.54) is 12.5 Å². The molecule has 0 N–H and O–H groups in total. The van der Waals surface area contributed by atoms with Gasteiger partial charge in [-0.1, -0.05) is 5.57 Å². The van der Waals surface area contributed by atoms with Crippen LogP contribution in [0.5, 0.6) is 0 Å². The number of hydrogen-bond donors (Lipinski definition) is 0. The summed E-state index contributed by atoms with van der Waals surface area (Å²) < 4.78 is 5.55. The van der Waals surface area contributed by atoms with Gasteiger partial charge >= 0.3 is 5.97 Å². The Labute approximate surface area is 143 Å². The molecule has 0 aromatic rings. The molecule has 0 spiro atoms. The van der Waals surface area contributed by atoms with Gasteiger partial charge in [0.15, 0.2) is 5.78 Å². The fraction of sp³-hybridized carbons (Fsp3) is 0.750. The van der Waals surface area contributed by atoms with Crippen LogP contribution < -0.4 is 0 Å². The molecule has 6 atom stereocenters. The van der Waals surface area contributed by atoms with Gasteiger partial charge in [0.1, 0.15) is 12.4 Å². The van der Waals surface area contributed by atoms with E-state index in [1.807, 2.05) is 6.08 Å². The molecule has 0 aromatic heterocycles. The first-order valence-electron chi connectivity index (χ1n) is 9.42. The third-order valence-electron chi connectivity index (χ3n) is 7.34. The number of rotatable bonds is 2. The molecule has 130 valence electrons. The lowest BCUT2D eigenvalue weighted by Gasteiger charge is -2.52. The predicted octanol–water partition coefficient (Wildman–Crippen LogP) is 3.24. The summed E-state index contributed by atoms with van der Waals surface area (Å²) in [6, 6.07) is 0. The summed E-state index contributed by atoms with van der Waals surface area (Å²) in [7, 11) is 0. The van der Waals surface area contributed by atoms with E-state index >= 15 is 0 Å². The second kappa shape index (κ2) is 5.82. The number of carbonyl (C=O) groups excluding carboxylic acids is 3. The van der Waals surface area contributed by atoms with Gasteiger partial charge in [0.2, 0.25) is 0 Å². The number of fused-ring (bicyclic) bond motifs is 5. The largest absolute Gasteiger partial charge is 0.461 e. The average Bonchev–Trinajstić information content (AvgIpc) is 2.92. The van der Waals surface area contributed by atoms with E-state index in [-0.39, 0.29) is 17.9 Å². The number of ketones is 1. The Balaban J connectivity index is 1.61. The van der Waals surface area contributed by atoms with Gasteiger partial charge in [0.05, 0.1) is 5.41 Å². The zero-order valence-corrected chi connectivity index (χ0v) is 14.3. The number of hydrogen-bond acceptors (Lipinski definition) is 4. The average molecular weight is 330 g/mol. The molecule has 0 aliphatic heterocycles. The molecule has 0 bridgehead atoms. The Morgan fingerprint density at radius 3 is 2.75 bits per heavy atom. The second-order valence-corrected chi connectivity index (χ2v) is 8.25. The zero-order chi connectivity index (χ0) is 16.9. The molecule has 4 rings (SSSR count). The first kappa shape index (κ1) is 16.0. The SMILES string of the molecule is CC(=O)O[C@H]1CC[C@H]2[C@@H]3CCC4=CC(=O)CC[C@@H]4[C@H]3CC[C@]12C=O. The predicted molar refractivity (Wildman–Crippen MR) is 88.0 cm³/mol. The lowest BCUT2D eigenvalue weighted by Crippen LogP contribution is -2.50. The molecule has 0 radical (unpaired) electrons. The summed E-state index contributed by atoms with van der Waals surface area (Å²) in [5.41, 5.74) is 0.902. The maximum Gasteiger partial charge on any atom is 0.302 e. The minimum Gasteiger partial charge on any atom is -0.461 e. The number of aldehydes is 1. The van der Waals surface area contributed by atoms with Crippen molar-refractivity contribution in [1.82, 2.24) is 0 Å². The van der Waals surface area contributed by atoms with Crippen molar-refractivity contribution in [3.8, 4) is 0 Å². The molecule has 0 saturated heterocycles. The van der Waals surface area contributed by atoms with Crippen molar-refractivity contribution in [2.75, 3.05) is 0 Å². The van der Waals surface area contributed by atoms with Gasteiger partial charge in [-0.25, -0.2) is 0 Å². The molecule has 24 heavy (non-hydrogen) atoms. The maximum atomic E-state index is 12.1. The molecular formula is C20H26O4. The molecule has 0 unspecified atom stereocenters. The number of carbonyl (C=O) groups is 3. The van der Waals surface area contributed by atoms with E-state index in [4.69, 9.17) is 4.74 Å². The highest BCUT2D eigenvalue weighted by atomic mass is 16.5. The van der Waals surface area contributed by atoms with Gasteiger partial charge in [0, 0.05) is 13.3 Å². The highest BCUT2D eigenvalue weighted by Crippen LogP contribution is 2.61. The Morgan fingerprint density at radius 1 is 1.17 bits per heavy atom. The van der Waals surface area contributed by atoms with Crippen LogP contribution in [0.15, 0.2) is 11.6 Å². The van der Waals surface area contributed by atoms with Crippen molar-refractivity contribution in [2.24, 2.45) is 29.1 Å². The molecule has 0 aromatic carbocycles. The van der Waals surface area contributed by atoms with Crippen LogP contribution in [0.3, 0.4) is 0 Å². The van der Waals surface area contributed by atoms with Crippen LogP contribution in [0, 0.1) is 29.1 Å². The summed E-state index contributed by atoms with van der Waals surface area (Å²) in [5.74, 6) is 2.04. The summed E-state index contributed by atoms with van der Waals surface area (Å²) in [5, 5.41) is 0. The van der Waals surface area contributed by atoms with E-state index in [1.54, 1.807) is 0 Å². The van der Waals surface area contributed by atoms with Crippen LogP contribution in [0.25, 0.3) is 0 Å². The molecule has 4 nitrogen and oxygen atoms in total. The standard InChI is InChI=1S/C20H26O4/c1-12(22)24-19-7-6-18-17-4-2-13-10-14(23)3-5-15(13)16(17)8-9-20(18,19)11-21/h10-11,15-19H,2-9H2,1H3/t15-,16+,17+,18-,19-,20+/m0/s1. The molecule has 4 aliphatic carbocycles. The van der Waals surface area contributed by atoms with Crippen LogP contribution in [0.1, 0.15) is 58.3 Å². The highest BCUT2D eigenvalue weighted by molar-refractivity contribution is 5.91. The quantitative estimate of drug-likeness (QED) is 0.576. The first-order valence-corrected chi connectivity index (χ1v) is 9.42. The van der Waals surface area contributed by atoms with E-state index in [0.717, 1.165) is 51.2 Å². The number of ether oxygens (including phenoxy) is 1. The summed E-state index contributed by atoms with van der Waals surface area (Å²) in [6.45, 7) is 1.44. The topological polar surface area (TPSA) is 60.4 Å². The Hall–Kier alpha value is -1.45. The minimum atomic E-state index is -0.460. The van der Waals surface area contributed by atoms with Crippen molar-refractivity contribution in [1.29, 1.82) is 0 Å². The van der Waals surface area contributed by atoms with E-state index in [0.29, 0.717) is 30.1 Å². The van der Waals surface area contributed by atoms with Crippen molar-refractivity contribution >= 4 is 18.0 Å². The fourth-order valence-corrected chi connectivity index (χ4v) is 6.45. The third-order valence-corrected chi connectivity index (χ3v) is 7.34. The van der Waals surface area contributed by atoms with Crippen molar-refractivity contribution in [3.05, 3.63) is 11.6 Å². The van der Waals surface area contributed by atoms with E-state index in [9.17, 15) is 14.4 Å². The van der Waals surface area contributed by atoms with Crippen molar-refractivity contribution < 1.29 is 19.1 Å². The summed E-state index contributed by atoms with van der Waals surface area (Å²) in [4.78, 5) is 35.3. The molecule has 3 fully saturated rings. The highest BCUT2D eigenvalue weighted by Gasteiger charge is 2.59. The van der Waals surface area contributed by atoms with Crippen LogP contribution in [-0.2, 0) is 19.1 Å². The lowest BCUT2D eigenvalue weighted by molar-refractivity contribution is -0.159. The van der Waals surface area contributed by atoms with E-state index in [2.05, 4.69) is 0 Å². The monoisotopic (exact) mass is 330 g/mol. The Morgan fingerprint density at radius 2 is 2.00 bits per heavy atom. The molecule has 0 amide bonds. The van der Waals surface area contributed by atoms with Gasteiger partial charge < -0.3 is 9.53 Å². The van der Waals surface area contributed by atoms with Crippen LogP contribution in [-0.4, -0.2) is 24.1 Å². The Bertz CT molecular complexity index is 607. The summed E-state index contributed by atoms with van der Waals surface area (Å²) in [6.07, 6.45) is 10.2. The lowest BCUT2D eigenvalue weighted by atomic mass is 9.52. The zero-order valence-electron chi connectivity index (χ0n) is 14.3. The molecule has 4 heteroatoms. The third kappa shape index (κ3) is 2.29. The van der Waals surface area contributed by atoms with Crippen LogP contribution in [0.4, 0.5) is 0 Å². The van der Waals surface area contributed by atoms with Gasteiger partial charge in [-0.3, -0.25) is 9.59 Å². The first-order chi connectivity index (χ1) is 11.5. The summed E-state index contributed by atoms with van der Waals surface area (Å²) >= 11 is 0. The van der Waals surface area contributed by atoms with Crippen LogP contribution in [0.2, 0.25) is 0 Å². The second-order valence-electron chi connectivity index (χ2n) is 8.25. The minimum absolute atomic E-state index is 0.233. The Kier molecular flexibility index (Phi) is 3.89. The fourth-order valence-electron chi connectivity index (χ4n) is 6.45. The van der Waals surface area contributed by atoms with Crippen LogP contribution >= 0.6 is 0 Å². The van der Waals surface area contributed by atoms with Gasteiger partial charge in [0.25, 0.3) is 0 Å². The number of esters is 1. The van der Waals surface area contributed by atoms with Crippen molar-refractivity contribution in [2.45, 2.75) is 64.4 Å². The maximum absolute atomic E-state index is 12.1. The van der Waals surface area contributed by atoms with Gasteiger partial charge in [-0.05, 0) is 74.7 Å². The molecule has 0 heterocycles.